The summed E-state index contributed by atoms with van der Waals surface area (Å²) in [5.74, 6) is 1.04. The normalized spacial score (nSPS) is 19.1. The van der Waals surface area contributed by atoms with Crippen molar-refractivity contribution in [3.8, 4) is 0 Å². The lowest BCUT2D eigenvalue weighted by Crippen LogP contribution is -2.37. The van der Waals surface area contributed by atoms with Crippen molar-refractivity contribution in [3.63, 3.8) is 0 Å². The average molecular weight is 195 g/mol. The molecule has 0 aromatic rings. The molecular formula is C12H21NO. The first-order chi connectivity index (χ1) is 6.77. The van der Waals surface area contributed by atoms with Gasteiger partial charge in [-0.3, -0.25) is 4.79 Å². The summed E-state index contributed by atoms with van der Waals surface area (Å²) in [6, 6.07) is 0. The van der Waals surface area contributed by atoms with E-state index in [2.05, 4.69) is 6.92 Å². The average Bonchev–Trinajstić information content (AvgIpc) is 2.20. The molecule has 0 spiro atoms. The molecule has 1 aliphatic rings. The standard InChI is InChI=1S/C12H21NO/c1-3-5-11-7-9-13(10-8-11)12(14)6-4-2/h4,6,11H,3,5,7-10H2,1-2H3. The number of amides is 1. The molecule has 1 saturated heterocycles. The van der Waals surface area contributed by atoms with Crippen LogP contribution in [0.15, 0.2) is 12.2 Å². The van der Waals surface area contributed by atoms with E-state index in [1.54, 1.807) is 6.08 Å². The van der Waals surface area contributed by atoms with Crippen molar-refractivity contribution < 1.29 is 4.79 Å². The Morgan fingerprint density at radius 2 is 2.07 bits per heavy atom. The molecule has 2 nitrogen and oxygen atoms in total. The maximum absolute atomic E-state index is 11.5. The third kappa shape index (κ3) is 3.17. The molecule has 14 heavy (non-hydrogen) atoms. The third-order valence-corrected chi connectivity index (χ3v) is 2.93. The predicted octanol–water partition coefficient (Wildman–Crippen LogP) is 2.60. The van der Waals surface area contributed by atoms with Crippen molar-refractivity contribution >= 4 is 5.91 Å². The lowest BCUT2D eigenvalue weighted by molar-refractivity contribution is -0.127. The topological polar surface area (TPSA) is 20.3 Å². The summed E-state index contributed by atoms with van der Waals surface area (Å²) in [5, 5.41) is 0. The van der Waals surface area contributed by atoms with Gasteiger partial charge in [-0.2, -0.15) is 0 Å². The van der Waals surface area contributed by atoms with Gasteiger partial charge in [-0.15, -0.1) is 0 Å². The second-order valence-corrected chi connectivity index (χ2v) is 4.06. The Hall–Kier alpha value is -0.790. The number of carbonyl (C=O) groups is 1. The summed E-state index contributed by atoms with van der Waals surface area (Å²) in [4.78, 5) is 13.5. The van der Waals surface area contributed by atoms with Gasteiger partial charge in [0.1, 0.15) is 0 Å². The van der Waals surface area contributed by atoms with Crippen molar-refractivity contribution in [2.24, 2.45) is 5.92 Å². The van der Waals surface area contributed by atoms with Crippen LogP contribution in [0.25, 0.3) is 0 Å². The minimum atomic E-state index is 0.183. The Labute approximate surface area is 87.0 Å². The van der Waals surface area contributed by atoms with Crippen LogP contribution in [-0.4, -0.2) is 23.9 Å². The molecule has 0 N–H and O–H groups in total. The van der Waals surface area contributed by atoms with E-state index in [1.807, 2.05) is 17.9 Å². The Morgan fingerprint density at radius 3 is 2.57 bits per heavy atom. The number of piperidine rings is 1. The molecule has 0 aliphatic carbocycles. The molecular weight excluding hydrogens is 174 g/mol. The fourth-order valence-electron chi connectivity index (χ4n) is 2.10. The van der Waals surface area contributed by atoms with Crippen LogP contribution < -0.4 is 0 Å². The van der Waals surface area contributed by atoms with Gasteiger partial charge in [0, 0.05) is 13.1 Å². The largest absolute Gasteiger partial charge is 0.339 e. The monoisotopic (exact) mass is 195 g/mol. The van der Waals surface area contributed by atoms with Gasteiger partial charge in [0.15, 0.2) is 0 Å². The van der Waals surface area contributed by atoms with E-state index in [0.717, 1.165) is 19.0 Å². The number of hydrogen-bond acceptors (Lipinski definition) is 1. The summed E-state index contributed by atoms with van der Waals surface area (Å²) >= 11 is 0. The molecule has 0 saturated carbocycles. The van der Waals surface area contributed by atoms with Crippen molar-refractivity contribution in [1.29, 1.82) is 0 Å². The van der Waals surface area contributed by atoms with E-state index < -0.39 is 0 Å². The first kappa shape index (κ1) is 11.3. The van der Waals surface area contributed by atoms with Crippen LogP contribution in [0.3, 0.4) is 0 Å². The van der Waals surface area contributed by atoms with Crippen LogP contribution in [0.2, 0.25) is 0 Å². The lowest BCUT2D eigenvalue weighted by atomic mass is 9.92. The minimum Gasteiger partial charge on any atom is -0.339 e. The number of carbonyl (C=O) groups excluding carboxylic acids is 1. The maximum Gasteiger partial charge on any atom is 0.246 e. The molecule has 1 aliphatic heterocycles. The molecule has 80 valence electrons. The zero-order valence-corrected chi connectivity index (χ0v) is 9.33. The van der Waals surface area contributed by atoms with Gasteiger partial charge in [0.2, 0.25) is 5.91 Å². The zero-order chi connectivity index (χ0) is 10.4. The van der Waals surface area contributed by atoms with E-state index in [4.69, 9.17) is 0 Å². The third-order valence-electron chi connectivity index (χ3n) is 2.93. The summed E-state index contributed by atoms with van der Waals surface area (Å²) in [6.07, 6.45) is 8.47. The van der Waals surface area contributed by atoms with Gasteiger partial charge in [-0.05, 0) is 31.8 Å². The van der Waals surface area contributed by atoms with Crippen LogP contribution in [0, 0.1) is 5.92 Å². The van der Waals surface area contributed by atoms with E-state index in [0.29, 0.717) is 0 Å². The van der Waals surface area contributed by atoms with Crippen LogP contribution in [0.5, 0.6) is 0 Å². The summed E-state index contributed by atoms with van der Waals surface area (Å²) in [6.45, 7) is 6.03. The van der Waals surface area contributed by atoms with E-state index in [-0.39, 0.29) is 5.91 Å². The molecule has 0 aromatic heterocycles. The number of rotatable bonds is 3. The van der Waals surface area contributed by atoms with Gasteiger partial charge in [0.05, 0.1) is 0 Å². The highest BCUT2D eigenvalue weighted by atomic mass is 16.2. The molecule has 1 rings (SSSR count). The van der Waals surface area contributed by atoms with Crippen molar-refractivity contribution in [1.82, 2.24) is 4.90 Å². The highest BCUT2D eigenvalue weighted by Gasteiger charge is 2.20. The quantitative estimate of drug-likeness (QED) is 0.634. The molecule has 0 unspecified atom stereocenters. The second kappa shape index (κ2) is 5.84. The Balaban J connectivity index is 2.31. The minimum absolute atomic E-state index is 0.183. The van der Waals surface area contributed by atoms with Crippen molar-refractivity contribution in [2.75, 3.05) is 13.1 Å². The zero-order valence-electron chi connectivity index (χ0n) is 9.33. The Morgan fingerprint density at radius 1 is 1.43 bits per heavy atom. The Kier molecular flexibility index (Phi) is 4.71. The van der Waals surface area contributed by atoms with E-state index in [9.17, 15) is 4.79 Å². The molecule has 0 aromatic carbocycles. The van der Waals surface area contributed by atoms with Gasteiger partial charge in [0.25, 0.3) is 0 Å². The Bertz CT molecular complexity index is 202. The van der Waals surface area contributed by atoms with Crippen LogP contribution in [-0.2, 0) is 4.79 Å². The molecule has 1 heterocycles. The van der Waals surface area contributed by atoms with Crippen LogP contribution in [0.4, 0.5) is 0 Å². The lowest BCUT2D eigenvalue weighted by Gasteiger charge is -2.31. The van der Waals surface area contributed by atoms with Gasteiger partial charge >= 0.3 is 0 Å². The number of nitrogens with zero attached hydrogens (tertiary/aromatic N) is 1. The van der Waals surface area contributed by atoms with Crippen LogP contribution in [0.1, 0.15) is 39.5 Å². The second-order valence-electron chi connectivity index (χ2n) is 4.06. The maximum atomic E-state index is 11.5. The molecule has 1 amide bonds. The first-order valence-electron chi connectivity index (χ1n) is 5.69. The van der Waals surface area contributed by atoms with E-state index in [1.165, 1.54) is 25.7 Å². The van der Waals surface area contributed by atoms with Crippen LogP contribution >= 0.6 is 0 Å². The first-order valence-corrected chi connectivity index (χ1v) is 5.69. The van der Waals surface area contributed by atoms with Gasteiger partial charge < -0.3 is 4.90 Å². The molecule has 1 fully saturated rings. The van der Waals surface area contributed by atoms with Crippen molar-refractivity contribution in [3.05, 3.63) is 12.2 Å². The molecule has 0 atom stereocenters. The summed E-state index contributed by atoms with van der Waals surface area (Å²) in [7, 11) is 0. The molecule has 0 bridgehead atoms. The highest BCUT2D eigenvalue weighted by molar-refractivity contribution is 5.87. The summed E-state index contributed by atoms with van der Waals surface area (Å²) in [5.41, 5.74) is 0. The van der Waals surface area contributed by atoms with E-state index >= 15 is 0 Å². The highest BCUT2D eigenvalue weighted by Crippen LogP contribution is 2.21. The SMILES string of the molecule is CC=CC(=O)N1CCC(CCC)CC1. The van der Waals surface area contributed by atoms with Crippen molar-refractivity contribution in [2.45, 2.75) is 39.5 Å². The molecule has 2 heteroatoms. The molecule has 0 radical (unpaired) electrons. The number of hydrogen-bond donors (Lipinski definition) is 0. The van der Waals surface area contributed by atoms with Gasteiger partial charge in [-0.25, -0.2) is 0 Å². The van der Waals surface area contributed by atoms with Gasteiger partial charge in [-0.1, -0.05) is 25.8 Å². The predicted molar refractivity (Wildman–Crippen MR) is 59.0 cm³/mol. The number of allylic oxidation sites excluding steroid dienone is 1. The smallest absolute Gasteiger partial charge is 0.246 e. The summed E-state index contributed by atoms with van der Waals surface area (Å²) < 4.78 is 0. The fourth-order valence-corrected chi connectivity index (χ4v) is 2.10. The fraction of sp³-hybridized carbons (Fsp3) is 0.750. The number of likely N-dealkylation sites (tertiary alicyclic amines) is 1.